The number of aliphatic hydroxyl groups excluding tert-OH is 1. The largest absolute Gasteiger partial charge is 0.480 e. The number of amides is 7. The van der Waals surface area contributed by atoms with E-state index in [1.54, 1.807) is 0 Å². The standard InChI is InChI=1S/C35H57N13O10/c1-18(2)12-23(45-30(53)22(14-27(37)50)44-28(51)20(36)13-19-15-40-17-42-19)32(55)48-11-5-8-26(48)33(56)47-10-4-7-25(47)31(54)43-21(6-3-9-41-35(38)39)29(52)46-24(16-49)34(57)58/h15,17-18,20-26,49H,3-14,16,36H2,1-2H3,(H2,37,50)(H,40,42)(H,43,54)(H,44,51)(H,45,53)(H,46,52)(H,57,58)(H4,38,39,41)/t20-,21-,22-,23-,24-,25-,26-/m0/s1. The van der Waals surface area contributed by atoms with Gasteiger partial charge in [0.15, 0.2) is 5.96 Å². The number of carbonyl (C=O) groups excluding carboxylic acids is 7. The molecule has 7 amide bonds. The van der Waals surface area contributed by atoms with E-state index >= 15 is 0 Å². The van der Waals surface area contributed by atoms with Gasteiger partial charge in [0.1, 0.15) is 36.3 Å². The number of likely N-dealkylation sites (tertiary alicyclic amines) is 2. The van der Waals surface area contributed by atoms with E-state index in [0.29, 0.717) is 18.5 Å². The van der Waals surface area contributed by atoms with Crippen molar-refractivity contribution in [2.75, 3.05) is 26.2 Å². The molecule has 0 unspecified atom stereocenters. The Balaban J connectivity index is 1.76. The number of primary amides is 1. The van der Waals surface area contributed by atoms with E-state index in [-0.39, 0.29) is 70.0 Å². The van der Waals surface area contributed by atoms with E-state index in [1.807, 2.05) is 13.8 Å². The van der Waals surface area contributed by atoms with Crippen molar-refractivity contribution < 1.29 is 48.6 Å². The van der Waals surface area contributed by atoms with Crippen molar-refractivity contribution in [3.63, 3.8) is 0 Å². The second kappa shape index (κ2) is 22.2. The molecule has 2 fully saturated rings. The van der Waals surface area contributed by atoms with Gasteiger partial charge in [0, 0.05) is 37.9 Å². The molecule has 3 rings (SSSR count). The summed E-state index contributed by atoms with van der Waals surface area (Å²) in [7, 11) is 0. The van der Waals surface area contributed by atoms with E-state index in [2.05, 4.69) is 36.2 Å². The molecule has 23 nitrogen and oxygen atoms in total. The Kier molecular flexibility index (Phi) is 17.8. The van der Waals surface area contributed by atoms with E-state index in [0.717, 1.165) is 0 Å². The van der Waals surface area contributed by atoms with Crippen molar-refractivity contribution in [1.29, 1.82) is 0 Å². The van der Waals surface area contributed by atoms with Gasteiger partial charge in [-0.05, 0) is 50.9 Å². The first-order chi connectivity index (χ1) is 27.4. The molecule has 1 aromatic heterocycles. The lowest BCUT2D eigenvalue weighted by molar-refractivity contribution is -0.148. The first kappa shape index (κ1) is 46.5. The maximum absolute atomic E-state index is 14.2. The van der Waals surface area contributed by atoms with Crippen LogP contribution in [0.15, 0.2) is 17.5 Å². The zero-order chi connectivity index (χ0) is 43.1. The highest BCUT2D eigenvalue weighted by Crippen LogP contribution is 2.26. The molecule has 3 heterocycles. The number of hydrogen-bond acceptors (Lipinski definition) is 12. The van der Waals surface area contributed by atoms with Gasteiger partial charge in [0.25, 0.3) is 0 Å². The molecule has 2 saturated heterocycles. The van der Waals surface area contributed by atoms with Crippen molar-refractivity contribution in [2.24, 2.45) is 33.8 Å². The van der Waals surface area contributed by atoms with Gasteiger partial charge in [0.05, 0.1) is 25.4 Å². The number of nitrogens with two attached hydrogens (primary N) is 4. The minimum atomic E-state index is -1.63. The summed E-state index contributed by atoms with van der Waals surface area (Å²) in [6, 6.07) is -8.67. The molecule has 0 aliphatic carbocycles. The fourth-order valence-electron chi connectivity index (χ4n) is 6.86. The summed E-state index contributed by atoms with van der Waals surface area (Å²) < 4.78 is 0. The Bertz CT molecular complexity index is 1650. The summed E-state index contributed by atoms with van der Waals surface area (Å²) in [5, 5.41) is 28.6. The maximum Gasteiger partial charge on any atom is 0.328 e. The Hall–Kier alpha value is -5.84. The topological polar surface area (TPSA) is 377 Å². The fraction of sp³-hybridized carbons (Fsp3) is 0.657. The lowest BCUT2D eigenvalue weighted by Gasteiger charge is -2.34. The first-order valence-corrected chi connectivity index (χ1v) is 19.2. The Morgan fingerprint density at radius 3 is 2.09 bits per heavy atom. The SMILES string of the molecule is CC(C)C[C@H](NC(=O)[C@H](CC(N)=O)NC(=O)[C@@H](N)Cc1cnc[nH]1)C(=O)N1CCC[C@H]1C(=O)N1CCC[C@H]1C(=O)N[C@@H](CCCN=C(N)N)C(=O)N[C@@H](CO)C(=O)O. The molecule has 15 N–H and O–H groups in total. The summed E-state index contributed by atoms with van der Waals surface area (Å²) in [5.74, 6) is -6.95. The van der Waals surface area contributed by atoms with Gasteiger partial charge in [0.2, 0.25) is 41.4 Å². The van der Waals surface area contributed by atoms with Crippen LogP contribution in [0.3, 0.4) is 0 Å². The van der Waals surface area contributed by atoms with Crippen LogP contribution in [0.5, 0.6) is 0 Å². The highest BCUT2D eigenvalue weighted by Gasteiger charge is 2.44. The fourth-order valence-corrected chi connectivity index (χ4v) is 6.86. The number of aromatic amines is 1. The first-order valence-electron chi connectivity index (χ1n) is 19.2. The number of carboxylic acids is 1. The summed E-state index contributed by atoms with van der Waals surface area (Å²) in [5.41, 5.74) is 22.7. The number of carbonyl (C=O) groups is 8. The number of hydrogen-bond donors (Lipinski definition) is 11. The molecular formula is C35H57N13O10. The second-order valence-electron chi connectivity index (χ2n) is 14.8. The Labute approximate surface area is 334 Å². The number of rotatable bonds is 22. The average molecular weight is 820 g/mol. The highest BCUT2D eigenvalue weighted by molar-refractivity contribution is 5.98. The number of guanidine groups is 1. The molecule has 0 radical (unpaired) electrons. The molecule has 0 saturated carbocycles. The third-order valence-electron chi connectivity index (χ3n) is 9.73. The number of aromatic nitrogens is 2. The van der Waals surface area contributed by atoms with Crippen molar-refractivity contribution in [3.8, 4) is 0 Å². The number of imidazole rings is 1. The van der Waals surface area contributed by atoms with E-state index in [9.17, 15) is 48.6 Å². The molecule has 2 aliphatic heterocycles. The van der Waals surface area contributed by atoms with Crippen LogP contribution in [0.2, 0.25) is 0 Å². The van der Waals surface area contributed by atoms with Gasteiger partial charge in [-0.15, -0.1) is 0 Å². The molecule has 58 heavy (non-hydrogen) atoms. The number of nitrogens with one attached hydrogen (secondary N) is 5. The van der Waals surface area contributed by atoms with Crippen LogP contribution in [0.1, 0.15) is 70.9 Å². The van der Waals surface area contributed by atoms with Crippen LogP contribution >= 0.6 is 0 Å². The number of carboxylic acid groups (broad SMARTS) is 1. The number of H-pyrrole nitrogens is 1. The third-order valence-corrected chi connectivity index (χ3v) is 9.73. The minimum Gasteiger partial charge on any atom is -0.480 e. The lowest BCUT2D eigenvalue weighted by atomic mass is 10.0. The van der Waals surface area contributed by atoms with Crippen molar-refractivity contribution in [3.05, 3.63) is 18.2 Å². The Morgan fingerprint density at radius 1 is 0.879 bits per heavy atom. The Morgan fingerprint density at radius 2 is 1.50 bits per heavy atom. The summed E-state index contributed by atoms with van der Waals surface area (Å²) in [6.45, 7) is 3.19. The molecular weight excluding hydrogens is 762 g/mol. The van der Waals surface area contributed by atoms with Crippen LogP contribution in [-0.4, -0.2) is 152 Å². The van der Waals surface area contributed by atoms with Crippen molar-refractivity contribution in [2.45, 2.75) is 114 Å². The van der Waals surface area contributed by atoms with Crippen LogP contribution in [0, 0.1) is 5.92 Å². The average Bonchev–Trinajstić information content (AvgIpc) is 3.96. The van der Waals surface area contributed by atoms with Gasteiger partial charge < -0.3 is 69.2 Å². The van der Waals surface area contributed by atoms with Crippen molar-refractivity contribution >= 4 is 53.3 Å². The quantitative estimate of drug-likeness (QED) is 0.0297. The van der Waals surface area contributed by atoms with Gasteiger partial charge in [-0.1, -0.05) is 13.8 Å². The number of aliphatic hydroxyl groups is 1. The molecule has 322 valence electrons. The lowest BCUT2D eigenvalue weighted by Crippen LogP contribution is -2.59. The summed E-state index contributed by atoms with van der Waals surface area (Å²) in [6.07, 6.45) is 4.08. The normalized spacial score (nSPS) is 19.0. The molecule has 23 heteroatoms. The molecule has 0 spiro atoms. The monoisotopic (exact) mass is 819 g/mol. The highest BCUT2D eigenvalue weighted by atomic mass is 16.4. The zero-order valence-corrected chi connectivity index (χ0v) is 32.7. The van der Waals surface area contributed by atoms with Crippen LogP contribution in [0.25, 0.3) is 0 Å². The predicted molar refractivity (Wildman–Crippen MR) is 205 cm³/mol. The third kappa shape index (κ3) is 13.7. The van der Waals surface area contributed by atoms with E-state index in [4.69, 9.17) is 22.9 Å². The maximum atomic E-state index is 14.2. The second-order valence-corrected chi connectivity index (χ2v) is 14.8. The number of nitrogens with zero attached hydrogens (tertiary/aromatic N) is 4. The van der Waals surface area contributed by atoms with Crippen molar-refractivity contribution in [1.82, 2.24) is 41.0 Å². The van der Waals surface area contributed by atoms with Gasteiger partial charge in [-0.3, -0.25) is 38.6 Å². The van der Waals surface area contributed by atoms with Crippen LogP contribution in [0.4, 0.5) is 0 Å². The van der Waals surface area contributed by atoms with Gasteiger partial charge in [-0.2, -0.15) is 0 Å². The van der Waals surface area contributed by atoms with Crippen LogP contribution in [-0.2, 0) is 44.8 Å². The van der Waals surface area contributed by atoms with Gasteiger partial charge in [-0.25, -0.2) is 9.78 Å². The predicted octanol–water partition coefficient (Wildman–Crippen LogP) is -4.75. The van der Waals surface area contributed by atoms with E-state index in [1.165, 1.54) is 22.3 Å². The number of aliphatic carboxylic acids is 1. The van der Waals surface area contributed by atoms with Crippen LogP contribution < -0.4 is 44.2 Å². The number of aliphatic imine (C=N–C) groups is 1. The molecule has 1 aromatic rings. The molecule has 0 bridgehead atoms. The minimum absolute atomic E-state index is 0.0113. The molecule has 2 aliphatic rings. The van der Waals surface area contributed by atoms with Gasteiger partial charge >= 0.3 is 5.97 Å². The smallest absolute Gasteiger partial charge is 0.328 e. The molecule has 0 aromatic carbocycles. The summed E-state index contributed by atoms with van der Waals surface area (Å²) in [4.78, 5) is 118. The van der Waals surface area contributed by atoms with E-state index < -0.39 is 103 Å². The molecule has 7 atom stereocenters. The zero-order valence-electron chi connectivity index (χ0n) is 32.7. The summed E-state index contributed by atoms with van der Waals surface area (Å²) >= 11 is 0.